The zero-order valence-electron chi connectivity index (χ0n) is 16.1. The summed E-state index contributed by atoms with van der Waals surface area (Å²) in [6, 6.07) is 12.4. The zero-order valence-corrected chi connectivity index (χ0v) is 16.1. The van der Waals surface area contributed by atoms with Crippen molar-refractivity contribution in [1.29, 1.82) is 0 Å². The number of aliphatic hydroxyl groups excluding tert-OH is 1. The van der Waals surface area contributed by atoms with Gasteiger partial charge in [-0.3, -0.25) is 14.9 Å². The standard InChI is InChI=1S/C20H18N4O7/c25-15(11-29-16-4-5-18-19(9-16)31-12-30-18)10-21-20(26)17-6-7-23(22-17)13-2-1-3-14(8-13)24(27)28/h1-9,15,25H,10-12H2,(H,21,26). The molecule has 2 heterocycles. The SMILES string of the molecule is O=C(NCC(O)COc1ccc2c(c1)OCO2)c1ccn(-c2cccc([N+](=O)[O-])c2)n1. The molecule has 11 nitrogen and oxygen atoms in total. The molecule has 160 valence electrons. The summed E-state index contributed by atoms with van der Waals surface area (Å²) in [5, 5.41) is 27.7. The maximum Gasteiger partial charge on any atom is 0.271 e. The lowest BCUT2D eigenvalue weighted by molar-refractivity contribution is -0.384. The van der Waals surface area contributed by atoms with E-state index in [1.54, 1.807) is 24.3 Å². The maximum absolute atomic E-state index is 12.3. The van der Waals surface area contributed by atoms with Crippen molar-refractivity contribution in [1.82, 2.24) is 15.1 Å². The normalized spacial score (nSPS) is 12.9. The number of fused-ring (bicyclic) bond motifs is 1. The average molecular weight is 426 g/mol. The third-order valence-electron chi connectivity index (χ3n) is 4.41. The summed E-state index contributed by atoms with van der Waals surface area (Å²) >= 11 is 0. The Morgan fingerprint density at radius 2 is 2.10 bits per heavy atom. The highest BCUT2D eigenvalue weighted by molar-refractivity contribution is 5.92. The summed E-state index contributed by atoms with van der Waals surface area (Å²) in [4.78, 5) is 22.7. The summed E-state index contributed by atoms with van der Waals surface area (Å²) in [6.45, 7) is 0.0689. The molecule has 2 N–H and O–H groups in total. The molecule has 1 atom stereocenters. The maximum atomic E-state index is 12.3. The predicted octanol–water partition coefficient (Wildman–Crippen LogP) is 1.68. The number of amides is 1. The van der Waals surface area contributed by atoms with Gasteiger partial charge in [-0.25, -0.2) is 4.68 Å². The van der Waals surface area contributed by atoms with Gasteiger partial charge < -0.3 is 24.6 Å². The van der Waals surface area contributed by atoms with Gasteiger partial charge in [-0.1, -0.05) is 6.07 Å². The van der Waals surface area contributed by atoms with Gasteiger partial charge in [-0.15, -0.1) is 0 Å². The van der Waals surface area contributed by atoms with Gasteiger partial charge in [0.1, 0.15) is 18.5 Å². The molecule has 3 aromatic rings. The van der Waals surface area contributed by atoms with Crippen molar-refractivity contribution >= 4 is 11.6 Å². The van der Waals surface area contributed by atoms with Gasteiger partial charge in [0.25, 0.3) is 11.6 Å². The summed E-state index contributed by atoms with van der Waals surface area (Å²) in [6.07, 6.45) is 0.570. The van der Waals surface area contributed by atoms with Crippen molar-refractivity contribution in [3.63, 3.8) is 0 Å². The van der Waals surface area contributed by atoms with Crippen LogP contribution >= 0.6 is 0 Å². The number of nitrogens with zero attached hydrogens (tertiary/aromatic N) is 3. The van der Waals surface area contributed by atoms with Gasteiger partial charge in [0.2, 0.25) is 6.79 Å². The van der Waals surface area contributed by atoms with E-state index in [4.69, 9.17) is 14.2 Å². The minimum Gasteiger partial charge on any atom is -0.491 e. The van der Waals surface area contributed by atoms with Crippen LogP contribution in [-0.2, 0) is 0 Å². The Labute approximate surface area is 175 Å². The first kappa shape index (κ1) is 20.2. The lowest BCUT2D eigenvalue weighted by atomic mass is 10.3. The second-order valence-electron chi connectivity index (χ2n) is 6.61. The quantitative estimate of drug-likeness (QED) is 0.410. The molecule has 0 bridgehead atoms. The second kappa shape index (κ2) is 8.71. The van der Waals surface area contributed by atoms with Crippen LogP contribution in [0.15, 0.2) is 54.7 Å². The van der Waals surface area contributed by atoms with Gasteiger partial charge >= 0.3 is 0 Å². The fourth-order valence-corrected chi connectivity index (χ4v) is 2.86. The van der Waals surface area contributed by atoms with Crippen LogP contribution in [0.2, 0.25) is 0 Å². The number of hydrogen-bond acceptors (Lipinski definition) is 8. The van der Waals surface area contributed by atoms with E-state index in [1.807, 2.05) is 0 Å². The smallest absolute Gasteiger partial charge is 0.271 e. The molecule has 1 unspecified atom stereocenters. The van der Waals surface area contributed by atoms with Crippen LogP contribution in [-0.4, -0.2) is 51.8 Å². The highest BCUT2D eigenvalue weighted by Crippen LogP contribution is 2.35. The van der Waals surface area contributed by atoms with E-state index in [-0.39, 0.29) is 31.3 Å². The topological polar surface area (TPSA) is 138 Å². The molecule has 0 spiro atoms. The van der Waals surface area contributed by atoms with Crippen molar-refractivity contribution in [3.8, 4) is 22.9 Å². The molecule has 0 fully saturated rings. The van der Waals surface area contributed by atoms with Crippen LogP contribution in [0, 0.1) is 10.1 Å². The largest absolute Gasteiger partial charge is 0.491 e. The van der Waals surface area contributed by atoms with Crippen LogP contribution in [0.4, 0.5) is 5.69 Å². The number of ether oxygens (including phenoxy) is 3. The number of rotatable bonds is 8. The average Bonchev–Trinajstić information content (AvgIpc) is 3.45. The molecule has 1 aliphatic heterocycles. The number of aliphatic hydroxyl groups is 1. The summed E-state index contributed by atoms with van der Waals surface area (Å²) in [7, 11) is 0. The Morgan fingerprint density at radius 1 is 1.26 bits per heavy atom. The first-order valence-electron chi connectivity index (χ1n) is 9.29. The fraction of sp³-hybridized carbons (Fsp3) is 0.200. The Kier molecular flexibility index (Phi) is 5.67. The van der Waals surface area contributed by atoms with Gasteiger partial charge in [0.15, 0.2) is 17.2 Å². The van der Waals surface area contributed by atoms with E-state index in [0.717, 1.165) is 0 Å². The molecule has 31 heavy (non-hydrogen) atoms. The van der Waals surface area contributed by atoms with Gasteiger partial charge in [0, 0.05) is 30.9 Å². The zero-order chi connectivity index (χ0) is 21.8. The number of nitro benzene ring substituents is 1. The number of non-ortho nitro benzene ring substituents is 1. The Bertz CT molecular complexity index is 1110. The molecule has 0 radical (unpaired) electrons. The van der Waals surface area contributed by atoms with Crippen LogP contribution in [0.3, 0.4) is 0 Å². The number of carbonyl (C=O) groups is 1. The molecular weight excluding hydrogens is 408 g/mol. The fourth-order valence-electron chi connectivity index (χ4n) is 2.86. The van der Waals surface area contributed by atoms with Crippen molar-refractivity contribution in [2.75, 3.05) is 19.9 Å². The van der Waals surface area contributed by atoms with Crippen LogP contribution in [0.25, 0.3) is 5.69 Å². The Balaban J connectivity index is 1.29. The molecule has 0 saturated carbocycles. The highest BCUT2D eigenvalue weighted by Gasteiger charge is 2.16. The summed E-state index contributed by atoms with van der Waals surface area (Å²) in [5.74, 6) is 1.21. The number of benzene rings is 2. The van der Waals surface area contributed by atoms with E-state index < -0.39 is 16.9 Å². The van der Waals surface area contributed by atoms with Crippen LogP contribution < -0.4 is 19.5 Å². The van der Waals surface area contributed by atoms with Gasteiger partial charge in [-0.05, 0) is 24.3 Å². The molecule has 1 aromatic heterocycles. The lowest BCUT2D eigenvalue weighted by Crippen LogP contribution is -2.35. The van der Waals surface area contributed by atoms with Gasteiger partial charge in [0.05, 0.1) is 10.6 Å². The molecule has 0 saturated heterocycles. The van der Waals surface area contributed by atoms with Crippen molar-refractivity contribution < 1.29 is 29.0 Å². The molecule has 4 rings (SSSR count). The number of nitrogens with one attached hydrogen (secondary N) is 1. The lowest BCUT2D eigenvalue weighted by Gasteiger charge is -2.13. The van der Waals surface area contributed by atoms with Crippen LogP contribution in [0.1, 0.15) is 10.5 Å². The number of hydrogen-bond donors (Lipinski definition) is 2. The van der Waals surface area contributed by atoms with Crippen LogP contribution in [0.5, 0.6) is 17.2 Å². The third-order valence-corrected chi connectivity index (χ3v) is 4.41. The first-order chi connectivity index (χ1) is 15.0. The summed E-state index contributed by atoms with van der Waals surface area (Å²) < 4.78 is 17.4. The predicted molar refractivity (Wildman–Crippen MR) is 107 cm³/mol. The number of nitro groups is 1. The Hall–Kier alpha value is -4.12. The van der Waals surface area contributed by atoms with E-state index in [0.29, 0.717) is 22.9 Å². The molecule has 2 aromatic carbocycles. The van der Waals surface area contributed by atoms with Crippen molar-refractivity contribution in [2.45, 2.75) is 6.10 Å². The highest BCUT2D eigenvalue weighted by atomic mass is 16.7. The Morgan fingerprint density at radius 3 is 2.94 bits per heavy atom. The van der Waals surface area contributed by atoms with Crippen molar-refractivity contribution in [2.24, 2.45) is 0 Å². The van der Waals surface area contributed by atoms with E-state index in [9.17, 15) is 20.0 Å². The molecular formula is C20H18N4O7. The van der Waals surface area contributed by atoms with Gasteiger partial charge in [-0.2, -0.15) is 5.10 Å². The number of aromatic nitrogens is 2. The second-order valence-corrected chi connectivity index (χ2v) is 6.61. The minimum absolute atomic E-state index is 0.0396. The molecule has 11 heteroatoms. The molecule has 1 aliphatic rings. The monoisotopic (exact) mass is 426 g/mol. The number of carbonyl (C=O) groups excluding carboxylic acids is 1. The minimum atomic E-state index is -0.951. The van der Waals surface area contributed by atoms with E-state index >= 15 is 0 Å². The van der Waals surface area contributed by atoms with E-state index in [2.05, 4.69) is 10.4 Å². The molecule has 1 amide bonds. The molecule has 0 aliphatic carbocycles. The van der Waals surface area contributed by atoms with Crippen molar-refractivity contribution in [3.05, 3.63) is 70.5 Å². The first-order valence-corrected chi connectivity index (χ1v) is 9.29. The van der Waals surface area contributed by atoms with E-state index in [1.165, 1.54) is 35.1 Å². The summed E-state index contributed by atoms with van der Waals surface area (Å²) in [5.41, 5.74) is 0.477. The third kappa shape index (κ3) is 4.73.